The average molecular weight is 384 g/mol. The van der Waals surface area contributed by atoms with E-state index in [1.807, 2.05) is 0 Å². The van der Waals surface area contributed by atoms with Crippen molar-refractivity contribution >= 4 is 44.0 Å². The molecule has 5 aromatic carbocycles. The Bertz CT molecular complexity index is 1500. The zero-order valence-corrected chi connectivity index (χ0v) is 16.4. The van der Waals surface area contributed by atoms with Crippen LogP contribution >= 0.6 is 0 Å². The number of nitrogens with zero attached hydrogens (tertiary/aromatic N) is 1. The molecule has 30 heavy (non-hydrogen) atoms. The third-order valence-electron chi connectivity index (χ3n) is 5.76. The maximum absolute atomic E-state index is 3.64. The fourth-order valence-electron chi connectivity index (χ4n) is 4.40. The third kappa shape index (κ3) is 2.66. The van der Waals surface area contributed by atoms with E-state index in [0.29, 0.717) is 0 Å². The summed E-state index contributed by atoms with van der Waals surface area (Å²) in [5.41, 5.74) is 5.83. The summed E-state index contributed by atoms with van der Waals surface area (Å²) in [6.45, 7) is 0. The van der Waals surface area contributed by atoms with Crippen LogP contribution in [0.5, 0.6) is 0 Å². The Morgan fingerprint density at radius 1 is 0.500 bits per heavy atom. The molecule has 1 N–H and O–H groups in total. The first-order valence-corrected chi connectivity index (χ1v) is 10.2. The summed E-state index contributed by atoms with van der Waals surface area (Å²) in [6, 6.07) is 40.7. The maximum Gasteiger partial charge on any atom is 0.0542 e. The van der Waals surface area contributed by atoms with E-state index in [-0.39, 0.29) is 0 Å². The molecule has 0 saturated carbocycles. The van der Waals surface area contributed by atoms with E-state index >= 15 is 0 Å². The molecule has 0 aliphatic carbocycles. The highest BCUT2D eigenvalue weighted by Gasteiger charge is 2.12. The van der Waals surface area contributed by atoms with Gasteiger partial charge in [-0.3, -0.25) is 0 Å². The monoisotopic (exact) mass is 384 g/mol. The molecule has 0 atom stereocenters. The molecule has 0 aliphatic heterocycles. The van der Waals surface area contributed by atoms with E-state index in [2.05, 4.69) is 125 Å². The lowest BCUT2D eigenvalue weighted by atomic mass is 10.1. The number of anilines is 2. The second kappa shape index (κ2) is 6.78. The van der Waals surface area contributed by atoms with Crippen molar-refractivity contribution in [1.82, 2.24) is 4.57 Å². The zero-order valence-electron chi connectivity index (χ0n) is 16.4. The van der Waals surface area contributed by atoms with Crippen LogP contribution in [-0.4, -0.2) is 4.57 Å². The lowest BCUT2D eigenvalue weighted by molar-refractivity contribution is 1.18. The maximum atomic E-state index is 3.64. The molecule has 0 unspecified atom stereocenters. The van der Waals surface area contributed by atoms with Crippen LogP contribution in [0.1, 0.15) is 0 Å². The molecule has 0 saturated heterocycles. The molecular formula is C28H20N2. The lowest BCUT2D eigenvalue weighted by Crippen LogP contribution is -1.94. The highest BCUT2D eigenvalue weighted by atomic mass is 15.0. The van der Waals surface area contributed by atoms with Gasteiger partial charge in [-0.25, -0.2) is 0 Å². The minimum atomic E-state index is 1.09. The standard InChI is InChI=1S/C28H20N2/c1-2-11-22(12-3-1)30-27-16-7-6-14-24(27)25-19-21(17-18-28(25)30)29-26-15-8-10-20-9-4-5-13-23(20)26/h1-19,29H. The fraction of sp³-hybridized carbons (Fsp3) is 0. The highest BCUT2D eigenvalue weighted by molar-refractivity contribution is 6.10. The molecule has 0 amide bonds. The smallest absolute Gasteiger partial charge is 0.0542 e. The van der Waals surface area contributed by atoms with Gasteiger partial charge < -0.3 is 9.88 Å². The van der Waals surface area contributed by atoms with Crippen molar-refractivity contribution < 1.29 is 0 Å². The summed E-state index contributed by atoms with van der Waals surface area (Å²) in [6.07, 6.45) is 0. The largest absolute Gasteiger partial charge is 0.355 e. The van der Waals surface area contributed by atoms with Gasteiger partial charge in [-0.2, -0.15) is 0 Å². The molecule has 0 aliphatic rings. The molecular weight excluding hydrogens is 364 g/mol. The Morgan fingerprint density at radius 2 is 1.20 bits per heavy atom. The Labute approximate surface area is 175 Å². The predicted molar refractivity (Wildman–Crippen MR) is 128 cm³/mol. The minimum absolute atomic E-state index is 1.09. The highest BCUT2D eigenvalue weighted by Crippen LogP contribution is 2.35. The van der Waals surface area contributed by atoms with Gasteiger partial charge >= 0.3 is 0 Å². The van der Waals surface area contributed by atoms with E-state index in [4.69, 9.17) is 0 Å². The summed E-state index contributed by atoms with van der Waals surface area (Å²) in [5, 5.41) is 8.62. The van der Waals surface area contributed by atoms with Crippen molar-refractivity contribution in [2.75, 3.05) is 5.32 Å². The van der Waals surface area contributed by atoms with Gasteiger partial charge in [0, 0.05) is 33.2 Å². The number of hydrogen-bond acceptors (Lipinski definition) is 1. The molecule has 2 heteroatoms. The SMILES string of the molecule is c1ccc(-n2c3ccccc3c3cc(Nc4cccc5ccccc45)ccc32)cc1. The summed E-state index contributed by atoms with van der Waals surface area (Å²) < 4.78 is 2.34. The summed E-state index contributed by atoms with van der Waals surface area (Å²) in [7, 11) is 0. The first-order chi connectivity index (χ1) is 14.9. The number of nitrogens with one attached hydrogen (secondary N) is 1. The van der Waals surface area contributed by atoms with Crippen LogP contribution in [0.2, 0.25) is 0 Å². The number of fused-ring (bicyclic) bond motifs is 4. The summed E-state index contributed by atoms with van der Waals surface area (Å²) >= 11 is 0. The Hall–Kier alpha value is -4.04. The van der Waals surface area contributed by atoms with Crippen LogP contribution < -0.4 is 5.32 Å². The quantitative estimate of drug-likeness (QED) is 0.331. The second-order valence-electron chi connectivity index (χ2n) is 7.57. The number of para-hydroxylation sites is 2. The van der Waals surface area contributed by atoms with Crippen LogP contribution in [0, 0.1) is 0 Å². The molecule has 1 heterocycles. The van der Waals surface area contributed by atoms with E-state index in [0.717, 1.165) is 11.4 Å². The zero-order chi connectivity index (χ0) is 19.9. The van der Waals surface area contributed by atoms with Crippen molar-refractivity contribution in [2.45, 2.75) is 0 Å². The van der Waals surface area contributed by atoms with Gasteiger partial charge in [-0.05, 0) is 47.9 Å². The van der Waals surface area contributed by atoms with Gasteiger partial charge in [0.1, 0.15) is 0 Å². The van der Waals surface area contributed by atoms with Crippen LogP contribution in [0.15, 0.2) is 115 Å². The molecule has 0 bridgehead atoms. The van der Waals surface area contributed by atoms with Crippen molar-refractivity contribution in [2.24, 2.45) is 0 Å². The van der Waals surface area contributed by atoms with Gasteiger partial charge in [-0.15, -0.1) is 0 Å². The fourth-order valence-corrected chi connectivity index (χ4v) is 4.40. The molecule has 1 aromatic heterocycles. The van der Waals surface area contributed by atoms with Gasteiger partial charge in [0.2, 0.25) is 0 Å². The van der Waals surface area contributed by atoms with E-state index in [1.165, 1.54) is 38.3 Å². The number of benzene rings is 5. The van der Waals surface area contributed by atoms with Gasteiger partial charge in [0.05, 0.1) is 11.0 Å². The number of aromatic nitrogens is 1. The Balaban J connectivity index is 1.54. The van der Waals surface area contributed by atoms with E-state index in [1.54, 1.807) is 0 Å². The van der Waals surface area contributed by atoms with Crippen molar-refractivity contribution in [3.05, 3.63) is 115 Å². The van der Waals surface area contributed by atoms with Crippen molar-refractivity contribution in [3.63, 3.8) is 0 Å². The normalized spacial score (nSPS) is 11.3. The van der Waals surface area contributed by atoms with Crippen LogP contribution in [0.25, 0.3) is 38.3 Å². The molecule has 2 nitrogen and oxygen atoms in total. The minimum Gasteiger partial charge on any atom is -0.355 e. The Kier molecular flexibility index (Phi) is 3.82. The van der Waals surface area contributed by atoms with E-state index < -0.39 is 0 Å². The molecule has 6 aromatic rings. The van der Waals surface area contributed by atoms with Gasteiger partial charge in [0.25, 0.3) is 0 Å². The molecule has 6 rings (SSSR count). The van der Waals surface area contributed by atoms with Crippen LogP contribution in [0.4, 0.5) is 11.4 Å². The van der Waals surface area contributed by atoms with Crippen LogP contribution in [0.3, 0.4) is 0 Å². The third-order valence-corrected chi connectivity index (χ3v) is 5.76. The van der Waals surface area contributed by atoms with Gasteiger partial charge in [0.15, 0.2) is 0 Å². The lowest BCUT2D eigenvalue weighted by Gasteiger charge is -2.11. The molecule has 0 fully saturated rings. The number of hydrogen-bond donors (Lipinski definition) is 1. The topological polar surface area (TPSA) is 17.0 Å². The first-order valence-electron chi connectivity index (χ1n) is 10.2. The summed E-state index contributed by atoms with van der Waals surface area (Å²) in [4.78, 5) is 0. The first kappa shape index (κ1) is 16.9. The number of rotatable bonds is 3. The van der Waals surface area contributed by atoms with Gasteiger partial charge in [-0.1, -0.05) is 72.8 Å². The molecule has 0 radical (unpaired) electrons. The summed E-state index contributed by atoms with van der Waals surface area (Å²) in [5.74, 6) is 0. The van der Waals surface area contributed by atoms with Crippen molar-refractivity contribution in [1.29, 1.82) is 0 Å². The molecule has 0 spiro atoms. The van der Waals surface area contributed by atoms with Crippen LogP contribution in [-0.2, 0) is 0 Å². The second-order valence-corrected chi connectivity index (χ2v) is 7.57. The van der Waals surface area contributed by atoms with E-state index in [9.17, 15) is 0 Å². The Morgan fingerprint density at radius 3 is 2.10 bits per heavy atom. The van der Waals surface area contributed by atoms with Crippen molar-refractivity contribution in [3.8, 4) is 5.69 Å². The average Bonchev–Trinajstić information content (AvgIpc) is 3.14. The predicted octanol–water partition coefficient (Wildman–Crippen LogP) is 7.68. The molecule has 142 valence electrons.